The predicted molar refractivity (Wildman–Crippen MR) is 128 cm³/mol. The molecule has 0 fully saturated rings. The van der Waals surface area contributed by atoms with Crippen LogP contribution in [0.15, 0.2) is 48.5 Å². The summed E-state index contributed by atoms with van der Waals surface area (Å²) in [6.45, 7) is 1.31. The molecule has 2 rings (SSSR count). The van der Waals surface area contributed by atoms with Crippen molar-refractivity contribution in [1.29, 1.82) is 0 Å². The molecule has 185 valence electrons. The van der Waals surface area contributed by atoms with Gasteiger partial charge in [-0.1, -0.05) is 36.4 Å². The highest BCUT2D eigenvalue weighted by atomic mass is 19.1. The molecule has 7 nitrogen and oxygen atoms in total. The van der Waals surface area contributed by atoms with Crippen LogP contribution in [0.3, 0.4) is 0 Å². The van der Waals surface area contributed by atoms with Crippen molar-refractivity contribution in [1.82, 2.24) is 5.32 Å². The number of benzene rings is 2. The van der Waals surface area contributed by atoms with Crippen molar-refractivity contribution in [3.8, 4) is 11.5 Å². The van der Waals surface area contributed by atoms with Crippen LogP contribution >= 0.6 is 0 Å². The number of rotatable bonds is 14. The van der Waals surface area contributed by atoms with E-state index < -0.39 is 23.6 Å². The van der Waals surface area contributed by atoms with E-state index in [1.54, 1.807) is 24.6 Å². The molecular formula is C26H34FN2O5. The fraction of sp³-hybridized carbons (Fsp3) is 0.423. The molecule has 1 radical (unpaired) electrons. The van der Waals surface area contributed by atoms with E-state index in [2.05, 4.69) is 5.32 Å². The lowest BCUT2D eigenvalue weighted by molar-refractivity contribution is -0.131. The molecule has 1 unspecified atom stereocenters. The summed E-state index contributed by atoms with van der Waals surface area (Å²) in [5.41, 5.74) is 4.72. The second-order valence-electron chi connectivity index (χ2n) is 8.43. The van der Waals surface area contributed by atoms with Gasteiger partial charge in [-0.25, -0.2) is 4.39 Å². The molecule has 2 aromatic rings. The van der Waals surface area contributed by atoms with Crippen LogP contribution in [-0.2, 0) is 22.6 Å². The molecule has 0 heterocycles. The number of hydrogen-bond acceptors (Lipinski definition) is 5. The second kappa shape index (κ2) is 12.9. The Morgan fingerprint density at radius 2 is 1.79 bits per heavy atom. The first-order chi connectivity index (χ1) is 16.2. The third-order valence-electron chi connectivity index (χ3n) is 5.76. The molecule has 0 bridgehead atoms. The quantitative estimate of drug-likeness (QED) is 0.390. The van der Waals surface area contributed by atoms with Crippen LogP contribution in [0.2, 0.25) is 0 Å². The van der Waals surface area contributed by atoms with E-state index in [4.69, 9.17) is 15.2 Å². The number of carbonyl (C=O) groups excluding carboxylic acids is 2. The standard InChI is InChI=1S/C26H34FN2O5/c1-26(27,25(28)32)14-13-20(16-21(30)11-9-18-7-5-4-6-8-18)24(31)29-17-19-10-12-22(33-2)23(15-19)34-3/h4-8,10-12,15,20-21,30H,9,13-14,16-17H2,1-3H3,(H2,28,32)(H,29,31)/t20-,21+,26?/m1/s1. The van der Waals surface area contributed by atoms with Crippen LogP contribution in [0, 0.1) is 12.3 Å². The van der Waals surface area contributed by atoms with E-state index in [9.17, 15) is 19.1 Å². The van der Waals surface area contributed by atoms with E-state index >= 15 is 0 Å². The molecule has 0 saturated heterocycles. The Bertz CT molecular complexity index is 936. The lowest BCUT2D eigenvalue weighted by Gasteiger charge is -2.23. The van der Waals surface area contributed by atoms with Crippen molar-refractivity contribution in [3.05, 3.63) is 66.1 Å². The van der Waals surface area contributed by atoms with Crippen molar-refractivity contribution in [2.24, 2.45) is 11.7 Å². The smallest absolute Gasteiger partial charge is 0.254 e. The van der Waals surface area contributed by atoms with Crippen molar-refractivity contribution in [2.45, 2.75) is 50.9 Å². The Morgan fingerprint density at radius 3 is 2.41 bits per heavy atom. The SMILES string of the molecule is COc1ccc(CNC(=O)[C@H](CCC(C)(F)C(N)=O)C[C@@H](O)[CH]Cc2ccccc2)cc1OC. The molecule has 8 heteroatoms. The predicted octanol–water partition coefficient (Wildman–Crippen LogP) is 3.13. The summed E-state index contributed by atoms with van der Waals surface area (Å²) in [5.74, 6) is -1.03. The summed E-state index contributed by atoms with van der Waals surface area (Å²) < 4.78 is 25.0. The highest BCUT2D eigenvalue weighted by molar-refractivity contribution is 5.83. The number of aliphatic hydroxyl groups is 1. The maximum absolute atomic E-state index is 14.4. The van der Waals surface area contributed by atoms with Crippen molar-refractivity contribution in [3.63, 3.8) is 0 Å². The van der Waals surface area contributed by atoms with Gasteiger partial charge in [-0.05, 0) is 62.3 Å². The van der Waals surface area contributed by atoms with Gasteiger partial charge in [0.25, 0.3) is 5.91 Å². The van der Waals surface area contributed by atoms with Crippen LogP contribution in [0.5, 0.6) is 11.5 Å². The monoisotopic (exact) mass is 473 g/mol. The van der Waals surface area contributed by atoms with Gasteiger partial charge in [0.05, 0.1) is 20.3 Å². The van der Waals surface area contributed by atoms with E-state index in [0.717, 1.165) is 18.1 Å². The second-order valence-corrected chi connectivity index (χ2v) is 8.43. The largest absolute Gasteiger partial charge is 0.493 e. The minimum atomic E-state index is -2.24. The zero-order valence-corrected chi connectivity index (χ0v) is 19.9. The third kappa shape index (κ3) is 8.33. The number of ether oxygens (including phenoxy) is 2. The number of halogens is 1. The molecule has 0 spiro atoms. The lowest BCUT2D eigenvalue weighted by Crippen LogP contribution is -2.39. The summed E-state index contributed by atoms with van der Waals surface area (Å²) >= 11 is 0. The third-order valence-corrected chi connectivity index (χ3v) is 5.76. The van der Waals surface area contributed by atoms with Crippen molar-refractivity contribution >= 4 is 11.8 Å². The topological polar surface area (TPSA) is 111 Å². The van der Waals surface area contributed by atoms with Gasteiger partial charge < -0.3 is 25.6 Å². The maximum atomic E-state index is 14.4. The molecule has 0 aliphatic rings. The number of carbonyl (C=O) groups is 2. The number of nitrogens with two attached hydrogens (primary N) is 1. The summed E-state index contributed by atoms with van der Waals surface area (Å²) in [5, 5.41) is 13.4. The number of nitrogens with one attached hydrogen (secondary N) is 1. The zero-order chi connectivity index (χ0) is 25.1. The number of alkyl halides is 1. The molecule has 0 aromatic heterocycles. The lowest BCUT2D eigenvalue weighted by atomic mass is 9.88. The first-order valence-corrected chi connectivity index (χ1v) is 11.2. The molecule has 0 aliphatic carbocycles. The van der Waals surface area contributed by atoms with E-state index in [-0.39, 0.29) is 31.7 Å². The normalized spacial score (nSPS) is 14.5. The van der Waals surface area contributed by atoms with Crippen LogP contribution in [0.1, 0.15) is 37.3 Å². The van der Waals surface area contributed by atoms with Crippen LogP contribution < -0.4 is 20.5 Å². The van der Waals surface area contributed by atoms with E-state index in [0.29, 0.717) is 17.9 Å². The van der Waals surface area contributed by atoms with Gasteiger partial charge in [-0.2, -0.15) is 0 Å². The average Bonchev–Trinajstić information content (AvgIpc) is 2.84. The zero-order valence-electron chi connectivity index (χ0n) is 19.9. The fourth-order valence-electron chi connectivity index (χ4n) is 3.52. The highest BCUT2D eigenvalue weighted by Crippen LogP contribution is 2.28. The Hall–Kier alpha value is -3.13. The van der Waals surface area contributed by atoms with Crippen LogP contribution in [-0.4, -0.2) is 42.9 Å². The van der Waals surface area contributed by atoms with Crippen LogP contribution in [0.4, 0.5) is 4.39 Å². The van der Waals surface area contributed by atoms with Crippen molar-refractivity contribution < 1.29 is 28.6 Å². The Kier molecular flexibility index (Phi) is 10.3. The van der Waals surface area contributed by atoms with Gasteiger partial charge >= 0.3 is 0 Å². The molecule has 0 saturated carbocycles. The van der Waals surface area contributed by atoms with Gasteiger partial charge in [0.2, 0.25) is 5.91 Å². The summed E-state index contributed by atoms with van der Waals surface area (Å²) in [6, 6.07) is 14.9. The fourth-order valence-corrected chi connectivity index (χ4v) is 3.52. The molecule has 34 heavy (non-hydrogen) atoms. The first kappa shape index (κ1) is 27.1. The van der Waals surface area contributed by atoms with E-state index in [1.807, 2.05) is 30.3 Å². The minimum Gasteiger partial charge on any atom is -0.493 e. The molecule has 3 atom stereocenters. The van der Waals surface area contributed by atoms with Gasteiger partial charge in [0, 0.05) is 12.5 Å². The molecule has 4 N–H and O–H groups in total. The number of amides is 2. The van der Waals surface area contributed by atoms with Gasteiger partial charge in [-0.3, -0.25) is 9.59 Å². The van der Waals surface area contributed by atoms with Crippen molar-refractivity contribution in [2.75, 3.05) is 14.2 Å². The summed E-state index contributed by atoms with van der Waals surface area (Å²) in [7, 11) is 3.06. The molecular weight excluding hydrogens is 439 g/mol. The number of hydrogen-bond donors (Lipinski definition) is 3. The minimum absolute atomic E-state index is 0.0595. The Labute approximate surface area is 200 Å². The maximum Gasteiger partial charge on any atom is 0.254 e. The highest BCUT2D eigenvalue weighted by Gasteiger charge is 2.33. The number of aliphatic hydroxyl groups excluding tert-OH is 1. The molecule has 2 aromatic carbocycles. The average molecular weight is 474 g/mol. The number of primary amides is 1. The summed E-state index contributed by atoms with van der Waals surface area (Å²) in [4.78, 5) is 24.3. The Balaban J connectivity index is 2.03. The Morgan fingerprint density at radius 1 is 1.12 bits per heavy atom. The summed E-state index contributed by atoms with van der Waals surface area (Å²) in [6.07, 6.45) is 1.30. The van der Waals surface area contributed by atoms with Gasteiger partial charge in [0.15, 0.2) is 17.2 Å². The molecule has 0 aliphatic heterocycles. The van der Waals surface area contributed by atoms with Crippen LogP contribution in [0.25, 0.3) is 0 Å². The number of methoxy groups -OCH3 is 2. The van der Waals surface area contributed by atoms with Gasteiger partial charge in [-0.15, -0.1) is 0 Å². The van der Waals surface area contributed by atoms with E-state index in [1.165, 1.54) is 14.2 Å². The first-order valence-electron chi connectivity index (χ1n) is 11.2. The molecule has 2 amide bonds. The van der Waals surface area contributed by atoms with Gasteiger partial charge in [0.1, 0.15) is 0 Å².